The van der Waals surface area contributed by atoms with Gasteiger partial charge in [0.2, 0.25) is 15.9 Å². The number of hydrogen-bond donors (Lipinski definition) is 2. The van der Waals surface area contributed by atoms with Gasteiger partial charge in [0, 0.05) is 11.6 Å². The van der Waals surface area contributed by atoms with E-state index in [1.807, 2.05) is 0 Å². The normalized spacial score (nSPS) is 13.4. The Morgan fingerprint density at radius 1 is 1.13 bits per heavy atom. The van der Waals surface area contributed by atoms with Gasteiger partial charge in [-0.1, -0.05) is 23.7 Å². The van der Waals surface area contributed by atoms with Crippen LogP contribution >= 0.6 is 11.6 Å². The van der Waals surface area contributed by atoms with E-state index in [2.05, 4.69) is 10.0 Å². The molecule has 2 amide bonds. The van der Waals surface area contributed by atoms with Crippen LogP contribution in [0.25, 0.3) is 0 Å². The summed E-state index contributed by atoms with van der Waals surface area (Å²) in [6.45, 7) is -0.953. The highest BCUT2D eigenvalue weighted by molar-refractivity contribution is 7.89. The topological polar surface area (TPSA) is 122 Å². The Morgan fingerprint density at radius 2 is 1.83 bits per heavy atom. The van der Waals surface area contributed by atoms with Crippen LogP contribution in [0.5, 0.6) is 0 Å². The first-order valence-corrected chi connectivity index (χ1v) is 10.7. The Morgan fingerprint density at radius 3 is 2.57 bits per heavy atom. The molecule has 0 saturated carbocycles. The maximum Gasteiger partial charge on any atom is 0.307 e. The van der Waals surface area contributed by atoms with Gasteiger partial charge in [0.1, 0.15) is 6.54 Å². The van der Waals surface area contributed by atoms with Gasteiger partial charge in [0.05, 0.1) is 22.7 Å². The van der Waals surface area contributed by atoms with Gasteiger partial charge in [-0.25, -0.2) is 13.1 Å². The largest absolute Gasteiger partial charge is 0.456 e. The molecule has 0 fully saturated rings. The zero-order valence-electron chi connectivity index (χ0n) is 15.6. The van der Waals surface area contributed by atoms with Crippen molar-refractivity contribution in [3.05, 3.63) is 53.6 Å². The van der Waals surface area contributed by atoms with Crippen LogP contribution in [0, 0.1) is 0 Å². The first-order chi connectivity index (χ1) is 14.3. The van der Waals surface area contributed by atoms with E-state index < -0.39 is 28.5 Å². The zero-order chi connectivity index (χ0) is 21.7. The second-order valence-corrected chi connectivity index (χ2v) is 8.51. The number of halogens is 1. The molecule has 0 radical (unpaired) electrons. The monoisotopic (exact) mass is 451 g/mol. The number of fused-ring (bicyclic) bond motifs is 1. The van der Waals surface area contributed by atoms with Gasteiger partial charge >= 0.3 is 5.97 Å². The minimum Gasteiger partial charge on any atom is -0.456 e. The Hall–Kier alpha value is -2.95. The van der Waals surface area contributed by atoms with Crippen molar-refractivity contribution in [2.75, 3.05) is 29.9 Å². The third-order valence-corrected chi connectivity index (χ3v) is 5.90. The first kappa shape index (κ1) is 21.8. The van der Waals surface area contributed by atoms with Gasteiger partial charge in [-0.3, -0.25) is 19.3 Å². The number of hydrogen-bond acceptors (Lipinski definition) is 6. The number of sulfonamides is 1. The van der Waals surface area contributed by atoms with E-state index in [0.29, 0.717) is 16.4 Å². The van der Waals surface area contributed by atoms with Crippen LogP contribution in [-0.4, -0.2) is 45.9 Å². The molecular formula is C19H18ClN3O6S. The van der Waals surface area contributed by atoms with Crippen molar-refractivity contribution in [1.82, 2.24) is 4.72 Å². The SMILES string of the molecule is O=C1CN(C(=O)COC(=O)CCNS(=O)(=O)c2ccc(Cl)cc2)c2ccccc2N1. The summed E-state index contributed by atoms with van der Waals surface area (Å²) in [5, 5.41) is 3.05. The summed E-state index contributed by atoms with van der Waals surface area (Å²) in [6.07, 6.45) is -0.267. The van der Waals surface area contributed by atoms with Gasteiger partial charge in [0.15, 0.2) is 6.61 Å². The van der Waals surface area contributed by atoms with Gasteiger partial charge in [-0.2, -0.15) is 0 Å². The molecule has 2 aromatic carbocycles. The summed E-state index contributed by atoms with van der Waals surface area (Å²) < 4.78 is 31.5. The molecule has 1 aliphatic heterocycles. The fraction of sp³-hybridized carbons (Fsp3) is 0.211. The van der Waals surface area contributed by atoms with Crippen LogP contribution in [0.1, 0.15) is 6.42 Å². The fourth-order valence-electron chi connectivity index (χ4n) is 2.73. The van der Waals surface area contributed by atoms with E-state index in [4.69, 9.17) is 16.3 Å². The lowest BCUT2D eigenvalue weighted by atomic mass is 10.2. The molecule has 1 heterocycles. The van der Waals surface area contributed by atoms with E-state index >= 15 is 0 Å². The number of ether oxygens (including phenoxy) is 1. The Kier molecular flexibility index (Phi) is 6.70. The van der Waals surface area contributed by atoms with Gasteiger partial charge in [0.25, 0.3) is 5.91 Å². The maximum atomic E-state index is 12.4. The third-order valence-electron chi connectivity index (χ3n) is 4.17. The molecule has 0 aliphatic carbocycles. The highest BCUT2D eigenvalue weighted by atomic mass is 35.5. The standard InChI is InChI=1S/C19H18ClN3O6S/c20-13-5-7-14(8-6-13)30(27,28)21-10-9-19(26)29-12-18(25)23-11-17(24)22-15-3-1-2-4-16(15)23/h1-8,21H,9-12H2,(H,22,24). The highest BCUT2D eigenvalue weighted by Gasteiger charge is 2.27. The van der Waals surface area contributed by atoms with Crippen LogP contribution in [0.2, 0.25) is 5.02 Å². The highest BCUT2D eigenvalue weighted by Crippen LogP contribution is 2.28. The van der Waals surface area contributed by atoms with Crippen molar-refractivity contribution in [2.24, 2.45) is 0 Å². The van der Waals surface area contributed by atoms with E-state index in [9.17, 15) is 22.8 Å². The lowest BCUT2D eigenvalue weighted by Gasteiger charge is -2.28. The van der Waals surface area contributed by atoms with Crippen molar-refractivity contribution >= 4 is 50.8 Å². The quantitative estimate of drug-likeness (QED) is 0.616. The molecule has 0 aromatic heterocycles. The second-order valence-electron chi connectivity index (χ2n) is 6.31. The average molecular weight is 452 g/mol. The van der Waals surface area contributed by atoms with Crippen molar-refractivity contribution in [3.63, 3.8) is 0 Å². The fourth-order valence-corrected chi connectivity index (χ4v) is 3.89. The van der Waals surface area contributed by atoms with Crippen molar-refractivity contribution in [1.29, 1.82) is 0 Å². The van der Waals surface area contributed by atoms with Crippen LogP contribution in [0.4, 0.5) is 11.4 Å². The lowest BCUT2D eigenvalue weighted by Crippen LogP contribution is -2.44. The molecule has 1 aliphatic rings. The lowest BCUT2D eigenvalue weighted by molar-refractivity contribution is -0.147. The van der Waals surface area contributed by atoms with Crippen LogP contribution in [-0.2, 0) is 29.1 Å². The summed E-state index contributed by atoms with van der Waals surface area (Å²) in [5.74, 6) is -1.67. The third kappa shape index (κ3) is 5.35. The number of nitrogens with one attached hydrogen (secondary N) is 2. The molecule has 0 saturated heterocycles. The maximum absolute atomic E-state index is 12.4. The van der Waals surface area contributed by atoms with Gasteiger partial charge < -0.3 is 10.1 Å². The van der Waals surface area contributed by atoms with Crippen molar-refractivity contribution in [2.45, 2.75) is 11.3 Å². The predicted octanol–water partition coefficient (Wildman–Crippen LogP) is 1.54. The molecule has 0 bridgehead atoms. The summed E-state index contributed by atoms with van der Waals surface area (Å²) in [5.41, 5.74) is 0.999. The zero-order valence-corrected chi connectivity index (χ0v) is 17.2. The van der Waals surface area contributed by atoms with Crippen molar-refractivity contribution < 1.29 is 27.5 Å². The average Bonchev–Trinajstić information content (AvgIpc) is 2.71. The molecule has 30 heavy (non-hydrogen) atoms. The molecule has 2 N–H and O–H groups in total. The summed E-state index contributed by atoms with van der Waals surface area (Å²) in [6, 6.07) is 12.3. The molecule has 9 nitrogen and oxygen atoms in total. The molecule has 158 valence electrons. The number of carbonyl (C=O) groups excluding carboxylic acids is 3. The van der Waals surface area contributed by atoms with E-state index in [0.717, 1.165) is 0 Å². The summed E-state index contributed by atoms with van der Waals surface area (Å²) in [4.78, 5) is 37.3. The summed E-state index contributed by atoms with van der Waals surface area (Å²) in [7, 11) is -3.80. The predicted molar refractivity (Wildman–Crippen MR) is 110 cm³/mol. The number of carbonyl (C=O) groups is 3. The number of nitrogens with zero attached hydrogens (tertiary/aromatic N) is 1. The molecule has 0 atom stereocenters. The molecule has 11 heteroatoms. The van der Waals surface area contributed by atoms with E-state index in [1.54, 1.807) is 24.3 Å². The van der Waals surface area contributed by atoms with Crippen molar-refractivity contribution in [3.8, 4) is 0 Å². The Bertz CT molecular complexity index is 1070. The van der Waals surface area contributed by atoms with Crippen LogP contribution in [0.3, 0.4) is 0 Å². The minimum absolute atomic E-state index is 0.0116. The van der Waals surface area contributed by atoms with Gasteiger partial charge in [-0.05, 0) is 36.4 Å². The molecule has 0 spiro atoms. The number of para-hydroxylation sites is 2. The number of amides is 2. The van der Waals surface area contributed by atoms with E-state index in [1.165, 1.54) is 29.2 Å². The first-order valence-electron chi connectivity index (χ1n) is 8.86. The molecular weight excluding hydrogens is 434 g/mol. The number of rotatable bonds is 7. The molecule has 0 unspecified atom stereocenters. The smallest absolute Gasteiger partial charge is 0.307 e. The number of benzene rings is 2. The Labute approximate surface area is 178 Å². The number of esters is 1. The Balaban J connectivity index is 1.49. The summed E-state index contributed by atoms with van der Waals surface area (Å²) >= 11 is 5.73. The van der Waals surface area contributed by atoms with Crippen LogP contribution < -0.4 is 14.9 Å². The molecule has 2 aromatic rings. The second kappa shape index (κ2) is 9.24. The van der Waals surface area contributed by atoms with Crippen LogP contribution in [0.15, 0.2) is 53.4 Å². The molecule has 3 rings (SSSR count). The van der Waals surface area contributed by atoms with E-state index in [-0.39, 0.29) is 30.3 Å². The minimum atomic E-state index is -3.80. The number of anilines is 2. The van der Waals surface area contributed by atoms with Gasteiger partial charge in [-0.15, -0.1) is 0 Å².